The number of rotatable bonds is 10. The summed E-state index contributed by atoms with van der Waals surface area (Å²) in [5.41, 5.74) is 2.08. The molecule has 0 bridgehead atoms. The van der Waals surface area contributed by atoms with Gasteiger partial charge in [0.15, 0.2) is 0 Å². The van der Waals surface area contributed by atoms with Gasteiger partial charge in [-0.15, -0.1) is 0 Å². The third kappa shape index (κ3) is 5.31. The summed E-state index contributed by atoms with van der Waals surface area (Å²) in [6.45, 7) is 1.01. The number of methoxy groups -OCH3 is 1. The molecule has 5 nitrogen and oxygen atoms in total. The van der Waals surface area contributed by atoms with E-state index in [9.17, 15) is 18.3 Å². The molecule has 212 valence electrons. The quantitative estimate of drug-likeness (QED) is 0.332. The maximum absolute atomic E-state index is 16.0. The van der Waals surface area contributed by atoms with Crippen LogP contribution in [0.4, 0.5) is 22.0 Å². The normalized spacial score (nSPS) is 21.7. The Hall–Kier alpha value is -2.53. The van der Waals surface area contributed by atoms with E-state index in [0.29, 0.717) is 43.7 Å². The first-order valence-corrected chi connectivity index (χ1v) is 13.3. The second-order valence-electron chi connectivity index (χ2n) is 10.8. The number of nitrogens with zero attached hydrogens (tertiary/aromatic N) is 2. The number of ether oxygens (including phenoxy) is 1. The predicted molar refractivity (Wildman–Crippen MR) is 139 cm³/mol. The van der Waals surface area contributed by atoms with Gasteiger partial charge in [0.05, 0.1) is 25.4 Å². The van der Waals surface area contributed by atoms with Crippen molar-refractivity contribution in [2.75, 3.05) is 46.6 Å². The largest absolute Gasteiger partial charge is 0.390 e. The summed E-state index contributed by atoms with van der Waals surface area (Å²) in [6.07, 6.45) is 0.280. The van der Waals surface area contributed by atoms with E-state index in [4.69, 9.17) is 4.74 Å². The lowest BCUT2D eigenvalue weighted by molar-refractivity contribution is -0.0869. The molecule has 39 heavy (non-hydrogen) atoms. The summed E-state index contributed by atoms with van der Waals surface area (Å²) in [4.78, 5) is 6.68. The van der Waals surface area contributed by atoms with E-state index in [1.54, 1.807) is 6.92 Å². The number of aliphatic hydroxyl groups is 1. The van der Waals surface area contributed by atoms with Gasteiger partial charge in [-0.3, -0.25) is 9.29 Å². The molecule has 2 aromatic carbocycles. The van der Waals surface area contributed by atoms with Crippen LogP contribution in [0.3, 0.4) is 0 Å². The molecule has 2 aliphatic heterocycles. The van der Waals surface area contributed by atoms with Crippen LogP contribution in [0.25, 0.3) is 10.9 Å². The molecule has 5 rings (SSSR count). The van der Waals surface area contributed by atoms with Crippen molar-refractivity contribution in [2.24, 2.45) is 5.92 Å². The molecule has 1 fully saturated rings. The molecular weight excluding hydrogens is 517 g/mol. The van der Waals surface area contributed by atoms with Crippen molar-refractivity contribution >= 4 is 10.9 Å². The van der Waals surface area contributed by atoms with Crippen molar-refractivity contribution in [1.82, 2.24) is 14.8 Å². The molecule has 1 aromatic heterocycles. The van der Waals surface area contributed by atoms with Gasteiger partial charge in [0.2, 0.25) is 0 Å². The second kappa shape index (κ2) is 11.2. The number of hydrogen-bond donors (Lipinski definition) is 2. The van der Waals surface area contributed by atoms with E-state index < -0.39 is 55.6 Å². The van der Waals surface area contributed by atoms with E-state index in [-0.39, 0.29) is 11.5 Å². The number of benzene rings is 2. The number of aliphatic hydroxyl groups excluding tert-OH is 1. The Morgan fingerprint density at radius 3 is 2.49 bits per heavy atom. The van der Waals surface area contributed by atoms with Gasteiger partial charge in [0.25, 0.3) is 5.92 Å². The number of alkyl halides is 3. The molecule has 3 aromatic rings. The highest BCUT2D eigenvalue weighted by molar-refractivity contribution is 5.85. The Morgan fingerprint density at radius 1 is 1.15 bits per heavy atom. The standard InChI is InChI=1S/C29H34F5N3O2/c1-17-10-21-20-6-3-4-7-24(20)35-26(21)27(37(17)15-29(33,34)16-38)25-22(31)11-18(12-23(25)32)28(39-2)19-13-36(14-19)9-5-8-30/h3-4,6-7,11-12,17,19,27-28,35,38H,5,8-10,13-16H2,1-2H3/t17-,27-,28?/m1/s1. The third-order valence-electron chi connectivity index (χ3n) is 8.14. The van der Waals surface area contributed by atoms with E-state index in [2.05, 4.69) is 9.88 Å². The Balaban J connectivity index is 1.54. The number of fused-ring (bicyclic) bond motifs is 3. The number of para-hydroxylation sites is 1. The number of nitrogens with one attached hydrogen (secondary N) is 1. The van der Waals surface area contributed by atoms with Crippen molar-refractivity contribution in [3.63, 3.8) is 0 Å². The molecular formula is C29H34F5N3O2. The molecule has 3 heterocycles. The molecule has 0 amide bonds. The van der Waals surface area contributed by atoms with Crippen LogP contribution in [-0.4, -0.2) is 78.4 Å². The average Bonchev–Trinajstić information content (AvgIpc) is 3.24. The predicted octanol–water partition coefficient (Wildman–Crippen LogP) is 5.39. The molecule has 1 saturated heterocycles. The smallest absolute Gasteiger partial charge is 0.283 e. The van der Waals surface area contributed by atoms with Gasteiger partial charge in [0.1, 0.15) is 18.2 Å². The number of likely N-dealkylation sites (tertiary alicyclic amines) is 1. The minimum atomic E-state index is -3.46. The van der Waals surface area contributed by atoms with Crippen molar-refractivity contribution < 1.29 is 31.8 Å². The Bertz CT molecular complexity index is 1290. The fraction of sp³-hybridized carbons (Fsp3) is 0.517. The van der Waals surface area contributed by atoms with E-state index in [0.717, 1.165) is 16.5 Å². The number of hydrogen-bond acceptors (Lipinski definition) is 4. The lowest BCUT2D eigenvalue weighted by Crippen LogP contribution is -2.50. The molecule has 2 N–H and O–H groups in total. The monoisotopic (exact) mass is 551 g/mol. The maximum atomic E-state index is 16.0. The molecule has 0 aliphatic carbocycles. The van der Waals surface area contributed by atoms with Crippen LogP contribution in [0.2, 0.25) is 0 Å². The number of halogens is 5. The van der Waals surface area contributed by atoms with Gasteiger partial charge in [-0.2, -0.15) is 0 Å². The summed E-state index contributed by atoms with van der Waals surface area (Å²) in [5, 5.41) is 10.2. The molecule has 2 aliphatic rings. The lowest BCUT2D eigenvalue weighted by atomic mass is 9.85. The molecule has 3 atom stereocenters. The lowest BCUT2D eigenvalue weighted by Gasteiger charge is -2.43. The number of aromatic nitrogens is 1. The van der Waals surface area contributed by atoms with Gasteiger partial charge < -0.3 is 19.7 Å². The summed E-state index contributed by atoms with van der Waals surface area (Å²) in [5.74, 6) is -5.15. The summed E-state index contributed by atoms with van der Waals surface area (Å²) in [6, 6.07) is 8.29. The van der Waals surface area contributed by atoms with Crippen molar-refractivity contribution in [3.05, 3.63) is 70.4 Å². The van der Waals surface area contributed by atoms with Crippen molar-refractivity contribution in [3.8, 4) is 0 Å². The van der Waals surface area contributed by atoms with Gasteiger partial charge in [0, 0.05) is 60.9 Å². The molecule has 0 saturated carbocycles. The fourth-order valence-corrected chi connectivity index (χ4v) is 6.28. The topological polar surface area (TPSA) is 51.7 Å². The first-order chi connectivity index (χ1) is 18.7. The van der Waals surface area contributed by atoms with Gasteiger partial charge >= 0.3 is 0 Å². The third-order valence-corrected chi connectivity index (χ3v) is 8.14. The fourth-order valence-electron chi connectivity index (χ4n) is 6.28. The summed E-state index contributed by atoms with van der Waals surface area (Å²) >= 11 is 0. The molecule has 0 radical (unpaired) electrons. The average molecular weight is 552 g/mol. The number of H-pyrrole nitrogens is 1. The minimum Gasteiger partial charge on any atom is -0.390 e. The van der Waals surface area contributed by atoms with Crippen LogP contribution >= 0.6 is 0 Å². The van der Waals surface area contributed by atoms with Crippen LogP contribution in [0.1, 0.15) is 47.9 Å². The van der Waals surface area contributed by atoms with Crippen LogP contribution in [0.15, 0.2) is 36.4 Å². The van der Waals surface area contributed by atoms with Crippen LogP contribution in [0, 0.1) is 17.6 Å². The van der Waals surface area contributed by atoms with Crippen LogP contribution < -0.4 is 0 Å². The molecule has 10 heteroatoms. The minimum absolute atomic E-state index is 0.00554. The zero-order chi connectivity index (χ0) is 27.9. The van der Waals surface area contributed by atoms with Gasteiger partial charge in [-0.25, -0.2) is 17.6 Å². The van der Waals surface area contributed by atoms with E-state index >= 15 is 8.78 Å². The van der Waals surface area contributed by atoms with E-state index in [1.807, 2.05) is 24.3 Å². The van der Waals surface area contributed by atoms with Gasteiger partial charge in [-0.1, -0.05) is 18.2 Å². The summed E-state index contributed by atoms with van der Waals surface area (Å²) < 4.78 is 79.1. The Labute approximate surface area is 224 Å². The van der Waals surface area contributed by atoms with E-state index in [1.165, 1.54) is 24.1 Å². The van der Waals surface area contributed by atoms with Crippen molar-refractivity contribution in [2.45, 2.75) is 43.9 Å². The Morgan fingerprint density at radius 2 is 1.85 bits per heavy atom. The first-order valence-electron chi connectivity index (χ1n) is 13.3. The zero-order valence-corrected chi connectivity index (χ0v) is 22.1. The SMILES string of the molecule is COC(c1cc(F)c([C@@H]2c3[nH]c4ccccc4c3C[C@@H](C)N2CC(F)(F)CO)c(F)c1)C1CN(CCCF)C1. The molecule has 1 unspecified atom stereocenters. The van der Waals surface area contributed by atoms with Crippen LogP contribution in [0.5, 0.6) is 0 Å². The molecule has 0 spiro atoms. The Kier molecular flexibility index (Phi) is 8.01. The van der Waals surface area contributed by atoms with Crippen LogP contribution in [-0.2, 0) is 11.2 Å². The van der Waals surface area contributed by atoms with Crippen molar-refractivity contribution in [1.29, 1.82) is 0 Å². The highest BCUT2D eigenvalue weighted by atomic mass is 19.3. The van der Waals surface area contributed by atoms with Gasteiger partial charge in [-0.05, 0) is 49.1 Å². The zero-order valence-electron chi connectivity index (χ0n) is 22.1. The second-order valence-corrected chi connectivity index (χ2v) is 10.8. The first kappa shape index (κ1) is 28.0. The summed E-state index contributed by atoms with van der Waals surface area (Å²) in [7, 11) is 1.48. The maximum Gasteiger partial charge on any atom is 0.283 e. The number of aromatic amines is 1. The highest BCUT2D eigenvalue weighted by Crippen LogP contribution is 2.44. The highest BCUT2D eigenvalue weighted by Gasteiger charge is 2.44.